The lowest BCUT2D eigenvalue weighted by atomic mass is 9.41. The number of anilines is 1. The highest BCUT2D eigenvalue weighted by Crippen LogP contribution is 2.69. The van der Waals surface area contributed by atoms with Gasteiger partial charge in [-0.25, -0.2) is 4.72 Å². The Bertz CT molecular complexity index is 1130. The van der Waals surface area contributed by atoms with Crippen molar-refractivity contribution in [1.29, 1.82) is 0 Å². The molecule has 4 fully saturated rings. The number of H-pyrrole nitrogens is 1. The van der Waals surface area contributed by atoms with Gasteiger partial charge in [0.15, 0.2) is 0 Å². The van der Waals surface area contributed by atoms with E-state index in [4.69, 9.17) is 0 Å². The fourth-order valence-electron chi connectivity index (χ4n) is 10.2. The van der Waals surface area contributed by atoms with Gasteiger partial charge in [-0.3, -0.25) is 5.10 Å². The third-order valence-electron chi connectivity index (χ3n) is 12.2. The Morgan fingerprint density at radius 2 is 1.77 bits per heavy atom. The van der Waals surface area contributed by atoms with Crippen LogP contribution in [-0.2, 0) is 16.6 Å². The SMILES string of the molecule is CC[C@@H]1C2C[C@H](O)CCC2(C)[C@H]2CCC3(C)C([C@H](C)CCc4nc(NS(=O)(=O)N(C)C)n[nH]4)CC[C@H]3[C@@H]2[C@@H]1O. The van der Waals surface area contributed by atoms with Gasteiger partial charge in [-0.2, -0.15) is 17.7 Å². The van der Waals surface area contributed by atoms with E-state index in [1.54, 1.807) is 0 Å². The van der Waals surface area contributed by atoms with Gasteiger partial charge >= 0.3 is 10.2 Å². The molecule has 0 aromatic carbocycles. The van der Waals surface area contributed by atoms with Crippen molar-refractivity contribution in [2.45, 2.75) is 104 Å². The number of nitrogens with zero attached hydrogens (tertiary/aromatic N) is 3. The molecule has 4 unspecified atom stereocenters. The van der Waals surface area contributed by atoms with Crippen LogP contribution in [0.4, 0.5) is 5.95 Å². The topological polar surface area (TPSA) is 131 Å². The van der Waals surface area contributed by atoms with Gasteiger partial charge in [0.1, 0.15) is 5.82 Å². The highest BCUT2D eigenvalue weighted by molar-refractivity contribution is 7.90. The molecule has 4 aliphatic rings. The average Bonchev–Trinajstić information content (AvgIpc) is 3.47. The van der Waals surface area contributed by atoms with Gasteiger partial charge in [0, 0.05) is 20.5 Å². The van der Waals surface area contributed by atoms with Gasteiger partial charge in [-0.15, -0.1) is 5.10 Å². The van der Waals surface area contributed by atoms with Crippen molar-refractivity contribution < 1.29 is 18.6 Å². The van der Waals surface area contributed by atoms with Gasteiger partial charge in [0.2, 0.25) is 0 Å². The van der Waals surface area contributed by atoms with Gasteiger partial charge < -0.3 is 10.2 Å². The number of nitrogens with one attached hydrogen (secondary N) is 2. The van der Waals surface area contributed by atoms with Crippen LogP contribution in [0.5, 0.6) is 0 Å². The normalized spacial score (nSPS) is 43.0. The predicted molar refractivity (Wildman–Crippen MR) is 152 cm³/mol. The maximum Gasteiger partial charge on any atom is 0.303 e. The maximum atomic E-state index is 12.1. The Balaban J connectivity index is 1.28. The third-order valence-corrected chi connectivity index (χ3v) is 13.6. The minimum absolute atomic E-state index is 0.0800. The number of hydrogen-bond donors (Lipinski definition) is 4. The molecule has 11 atom stereocenters. The summed E-state index contributed by atoms with van der Waals surface area (Å²) in [6.45, 7) is 9.61. The summed E-state index contributed by atoms with van der Waals surface area (Å²) in [6.07, 6.45) is 9.89. The second kappa shape index (κ2) is 10.6. The highest BCUT2D eigenvalue weighted by atomic mass is 32.2. The molecule has 0 radical (unpaired) electrons. The van der Waals surface area contributed by atoms with E-state index in [0.29, 0.717) is 41.3 Å². The monoisotopic (exact) mass is 565 g/mol. The molecule has 1 aromatic rings. The summed E-state index contributed by atoms with van der Waals surface area (Å²) < 4.78 is 27.7. The lowest BCUT2D eigenvalue weighted by Crippen LogP contribution is -2.62. The maximum absolute atomic E-state index is 12.1. The average molecular weight is 566 g/mol. The standard InChI is InChI=1S/C29H51N5O4S/c1-7-19-23-16-18(35)12-14-29(23,4)22-13-15-28(3)20(9-10-21(28)25(22)26(19)36)17(2)8-11-24-30-27(32-31-24)33-39(37,38)34(5)6/h17-23,25-26,35-36H,7-16H2,1-6H3,(H2,30,31,32,33)/t17-,18-,19-,20?,21+,22+,23?,25+,26-,28?,29?/m1/s1. The minimum Gasteiger partial charge on any atom is -0.393 e. The Morgan fingerprint density at radius 3 is 2.46 bits per heavy atom. The second-order valence-electron chi connectivity index (χ2n) is 14.1. The van der Waals surface area contributed by atoms with E-state index in [-0.39, 0.29) is 34.9 Å². The summed E-state index contributed by atoms with van der Waals surface area (Å²) in [6, 6.07) is 0. The number of fused-ring (bicyclic) bond motifs is 5. The van der Waals surface area contributed by atoms with E-state index in [9.17, 15) is 18.6 Å². The molecular formula is C29H51N5O4S. The summed E-state index contributed by atoms with van der Waals surface area (Å²) in [5.41, 5.74) is 0.456. The molecule has 4 saturated carbocycles. The molecule has 1 aromatic heterocycles. The first-order valence-corrected chi connectivity index (χ1v) is 16.7. The Morgan fingerprint density at radius 1 is 1.08 bits per heavy atom. The molecule has 1 heterocycles. The smallest absolute Gasteiger partial charge is 0.303 e. The molecule has 0 spiro atoms. The fraction of sp³-hybridized carbons (Fsp3) is 0.931. The van der Waals surface area contributed by atoms with Crippen LogP contribution in [-0.4, -0.2) is 64.4 Å². The van der Waals surface area contributed by atoms with Crippen molar-refractivity contribution in [3.8, 4) is 0 Å². The fourth-order valence-corrected chi connectivity index (χ4v) is 10.7. The first kappa shape index (κ1) is 29.3. The van der Waals surface area contributed by atoms with E-state index in [0.717, 1.165) is 42.8 Å². The van der Waals surface area contributed by atoms with Crippen LogP contribution in [0.15, 0.2) is 0 Å². The zero-order chi connectivity index (χ0) is 28.3. The van der Waals surface area contributed by atoms with Crippen LogP contribution >= 0.6 is 0 Å². The van der Waals surface area contributed by atoms with E-state index < -0.39 is 10.2 Å². The molecule has 5 rings (SSSR count). The quantitative estimate of drug-likeness (QED) is 0.373. The van der Waals surface area contributed by atoms with E-state index in [2.05, 4.69) is 47.6 Å². The molecular weight excluding hydrogens is 514 g/mol. The number of hydrogen-bond acceptors (Lipinski definition) is 6. The van der Waals surface area contributed by atoms with Crippen LogP contribution in [0, 0.1) is 52.3 Å². The lowest BCUT2D eigenvalue weighted by Gasteiger charge is -2.64. The first-order chi connectivity index (χ1) is 18.3. The Hall–Kier alpha value is -1.23. The number of aromatic nitrogens is 3. The van der Waals surface area contributed by atoms with Crippen molar-refractivity contribution in [2.75, 3.05) is 18.8 Å². The largest absolute Gasteiger partial charge is 0.393 e. The van der Waals surface area contributed by atoms with Crippen LogP contribution in [0.1, 0.15) is 91.3 Å². The van der Waals surface area contributed by atoms with Crippen LogP contribution in [0.2, 0.25) is 0 Å². The summed E-state index contributed by atoms with van der Waals surface area (Å²) >= 11 is 0. The highest BCUT2D eigenvalue weighted by Gasteiger charge is 2.64. The van der Waals surface area contributed by atoms with E-state index >= 15 is 0 Å². The summed E-state index contributed by atoms with van der Waals surface area (Å²) in [7, 11) is -0.702. The molecule has 0 amide bonds. The molecule has 10 heteroatoms. The number of aromatic amines is 1. The van der Waals surface area contributed by atoms with Crippen molar-refractivity contribution in [1.82, 2.24) is 19.5 Å². The molecule has 0 saturated heterocycles. The van der Waals surface area contributed by atoms with E-state index in [1.807, 2.05) is 0 Å². The van der Waals surface area contributed by atoms with Crippen molar-refractivity contribution in [3.63, 3.8) is 0 Å². The molecule has 4 N–H and O–H groups in total. The first-order valence-electron chi connectivity index (χ1n) is 15.3. The van der Waals surface area contributed by atoms with Gasteiger partial charge in [-0.1, -0.05) is 34.1 Å². The molecule has 4 aliphatic carbocycles. The van der Waals surface area contributed by atoms with Crippen molar-refractivity contribution in [3.05, 3.63) is 5.82 Å². The molecule has 0 aliphatic heterocycles. The number of aryl methyl sites for hydroxylation is 1. The Labute approximate surface area is 235 Å². The molecule has 9 nitrogen and oxygen atoms in total. The zero-order valence-electron chi connectivity index (χ0n) is 24.7. The summed E-state index contributed by atoms with van der Waals surface area (Å²) in [5, 5.41) is 29.4. The summed E-state index contributed by atoms with van der Waals surface area (Å²) in [5.74, 6) is 4.07. The van der Waals surface area contributed by atoms with Gasteiger partial charge in [0.05, 0.1) is 12.2 Å². The molecule has 0 bridgehead atoms. The van der Waals surface area contributed by atoms with Gasteiger partial charge in [0.25, 0.3) is 5.95 Å². The van der Waals surface area contributed by atoms with Gasteiger partial charge in [-0.05, 0) is 104 Å². The number of aliphatic hydroxyl groups is 2. The zero-order valence-corrected chi connectivity index (χ0v) is 25.5. The third kappa shape index (κ3) is 4.95. The minimum atomic E-state index is -3.63. The van der Waals surface area contributed by atoms with Crippen molar-refractivity contribution >= 4 is 16.2 Å². The van der Waals surface area contributed by atoms with E-state index in [1.165, 1.54) is 39.8 Å². The molecule has 39 heavy (non-hydrogen) atoms. The number of rotatable bonds is 8. The van der Waals surface area contributed by atoms with Crippen molar-refractivity contribution in [2.24, 2.45) is 52.3 Å². The second-order valence-corrected chi connectivity index (χ2v) is 16.0. The number of aliphatic hydroxyl groups excluding tert-OH is 2. The Kier molecular flexibility index (Phi) is 7.92. The van der Waals surface area contributed by atoms with Crippen LogP contribution < -0.4 is 4.72 Å². The van der Waals surface area contributed by atoms with Crippen LogP contribution in [0.3, 0.4) is 0 Å². The van der Waals surface area contributed by atoms with Crippen LogP contribution in [0.25, 0.3) is 0 Å². The molecule has 222 valence electrons. The lowest BCUT2D eigenvalue weighted by molar-refractivity contribution is -0.203. The summed E-state index contributed by atoms with van der Waals surface area (Å²) in [4.78, 5) is 4.37. The predicted octanol–water partition coefficient (Wildman–Crippen LogP) is 4.22.